The summed E-state index contributed by atoms with van der Waals surface area (Å²) >= 11 is 0. The highest BCUT2D eigenvalue weighted by atomic mass is 32.2. The molecule has 3 N–H and O–H groups in total. The van der Waals surface area contributed by atoms with Crippen LogP contribution in [0, 0.1) is 5.82 Å². The van der Waals surface area contributed by atoms with E-state index in [2.05, 4.69) is 45.8 Å². The molecule has 0 bridgehead atoms. The average Bonchev–Trinajstić information content (AvgIpc) is 3.54. The molecule has 13 heteroatoms. The van der Waals surface area contributed by atoms with Gasteiger partial charge in [-0.2, -0.15) is 5.10 Å². The molecule has 5 aromatic heterocycles. The first-order chi connectivity index (χ1) is 19.6. The molecule has 6 rings (SSSR count). The van der Waals surface area contributed by atoms with Gasteiger partial charge in [0.1, 0.15) is 11.5 Å². The number of hydrogen-bond acceptors (Lipinski definition) is 8. The summed E-state index contributed by atoms with van der Waals surface area (Å²) in [5.74, 6) is -0.00379. The number of rotatable bonds is 8. The lowest BCUT2D eigenvalue weighted by Crippen LogP contribution is -2.21. The second kappa shape index (κ2) is 10.4. The van der Waals surface area contributed by atoms with E-state index in [4.69, 9.17) is 4.98 Å². The Kier molecular flexibility index (Phi) is 6.77. The number of fused-ring (bicyclic) bond motifs is 2. The quantitative estimate of drug-likeness (QED) is 0.250. The van der Waals surface area contributed by atoms with Gasteiger partial charge in [0.15, 0.2) is 11.5 Å². The number of pyridine rings is 3. The maximum Gasteiger partial charge on any atom is 0.209 e. The van der Waals surface area contributed by atoms with E-state index in [1.807, 2.05) is 26.4 Å². The van der Waals surface area contributed by atoms with E-state index in [0.29, 0.717) is 44.9 Å². The van der Waals surface area contributed by atoms with Gasteiger partial charge in [0, 0.05) is 54.6 Å². The highest BCUT2D eigenvalue weighted by molar-refractivity contribution is 7.88. The van der Waals surface area contributed by atoms with Crippen molar-refractivity contribution >= 4 is 32.1 Å². The van der Waals surface area contributed by atoms with Crippen molar-refractivity contribution < 1.29 is 12.8 Å². The smallest absolute Gasteiger partial charge is 0.209 e. The van der Waals surface area contributed by atoms with Crippen LogP contribution in [0.3, 0.4) is 0 Å². The molecule has 41 heavy (non-hydrogen) atoms. The molecule has 0 aliphatic carbocycles. The van der Waals surface area contributed by atoms with Crippen LogP contribution in [-0.4, -0.2) is 68.8 Å². The standard InChI is InChI=1S/C28H26FN9O2S/c1-38(2)15-17-5-19(11-30-9-17)20-8-22-26(36-37-27(22)32-12-20)28-34-24-14-31-13-23(25(24)35-28)18-4-16(6-21(29)7-18)10-33-41(3,39)40/h4-9,11-14,33H,10,15H2,1-3H3,(H,34,35)(H,32,36,37). The van der Waals surface area contributed by atoms with Crippen molar-refractivity contribution in [3.63, 3.8) is 0 Å². The predicted octanol–water partition coefficient (Wildman–Crippen LogP) is 3.88. The Morgan fingerprint density at radius 2 is 1.71 bits per heavy atom. The number of benzene rings is 1. The molecule has 6 aromatic rings. The lowest BCUT2D eigenvalue weighted by atomic mass is 10.0. The van der Waals surface area contributed by atoms with Gasteiger partial charge in [-0.1, -0.05) is 0 Å². The summed E-state index contributed by atoms with van der Waals surface area (Å²) in [5, 5.41) is 8.22. The third-order valence-electron chi connectivity index (χ3n) is 6.47. The molecule has 0 amide bonds. The Hall–Kier alpha value is -4.59. The summed E-state index contributed by atoms with van der Waals surface area (Å²) in [5.41, 5.74) is 6.89. The fourth-order valence-corrected chi connectivity index (χ4v) is 5.15. The van der Waals surface area contributed by atoms with Crippen LogP contribution in [-0.2, 0) is 23.1 Å². The third kappa shape index (κ3) is 5.68. The van der Waals surface area contributed by atoms with Crippen molar-refractivity contribution in [1.29, 1.82) is 0 Å². The fourth-order valence-electron chi connectivity index (χ4n) is 4.72. The van der Waals surface area contributed by atoms with Crippen LogP contribution in [0.5, 0.6) is 0 Å². The summed E-state index contributed by atoms with van der Waals surface area (Å²) < 4.78 is 40.0. The number of hydrogen-bond donors (Lipinski definition) is 3. The molecule has 0 saturated heterocycles. The maximum atomic E-state index is 14.5. The molecule has 0 unspecified atom stereocenters. The Labute approximate surface area is 235 Å². The van der Waals surface area contributed by atoms with E-state index in [1.165, 1.54) is 12.1 Å². The summed E-state index contributed by atoms with van der Waals surface area (Å²) in [6, 6.07) is 8.46. The summed E-state index contributed by atoms with van der Waals surface area (Å²) in [6.07, 6.45) is 9.73. The fraction of sp³-hybridized carbons (Fsp3) is 0.179. The number of nitrogens with zero attached hydrogens (tertiary/aromatic N) is 6. The summed E-state index contributed by atoms with van der Waals surface area (Å²) in [7, 11) is 0.582. The first-order valence-electron chi connectivity index (χ1n) is 12.6. The zero-order valence-corrected chi connectivity index (χ0v) is 23.3. The maximum absolute atomic E-state index is 14.5. The van der Waals surface area contributed by atoms with Crippen LogP contribution in [0.1, 0.15) is 11.1 Å². The second-order valence-electron chi connectivity index (χ2n) is 10.1. The van der Waals surface area contributed by atoms with Crippen molar-refractivity contribution in [3.8, 4) is 33.8 Å². The number of H-pyrrole nitrogens is 2. The number of halogens is 1. The monoisotopic (exact) mass is 571 g/mol. The van der Waals surface area contributed by atoms with Gasteiger partial charge in [-0.15, -0.1) is 0 Å². The minimum atomic E-state index is -3.44. The zero-order valence-electron chi connectivity index (χ0n) is 22.5. The van der Waals surface area contributed by atoms with Gasteiger partial charge in [0.05, 0.1) is 28.9 Å². The Balaban J connectivity index is 1.40. The van der Waals surface area contributed by atoms with Gasteiger partial charge in [0.2, 0.25) is 10.0 Å². The van der Waals surface area contributed by atoms with Crippen LogP contribution in [0.15, 0.2) is 61.3 Å². The minimum Gasteiger partial charge on any atom is -0.335 e. The lowest BCUT2D eigenvalue weighted by Gasteiger charge is -2.10. The molecule has 0 aliphatic heterocycles. The Morgan fingerprint density at radius 1 is 0.927 bits per heavy atom. The van der Waals surface area contributed by atoms with E-state index >= 15 is 0 Å². The molecular formula is C28H26FN9O2S. The van der Waals surface area contributed by atoms with Gasteiger partial charge in [-0.05, 0) is 61.1 Å². The molecular weight excluding hydrogens is 545 g/mol. The molecule has 0 atom stereocenters. The van der Waals surface area contributed by atoms with Crippen molar-refractivity contribution in [3.05, 3.63) is 78.3 Å². The van der Waals surface area contributed by atoms with Gasteiger partial charge in [-0.3, -0.25) is 15.1 Å². The SMILES string of the molecule is CN(C)Cc1cncc(-c2cnc3[nH]nc(-c4nc5c(-c6cc(F)cc(CNS(C)(=O)=O)c6)cncc5[nH]4)c3c2)c1. The van der Waals surface area contributed by atoms with Crippen molar-refractivity contribution in [2.24, 2.45) is 0 Å². The van der Waals surface area contributed by atoms with Crippen LogP contribution >= 0.6 is 0 Å². The first kappa shape index (κ1) is 26.6. The van der Waals surface area contributed by atoms with E-state index in [0.717, 1.165) is 34.9 Å². The van der Waals surface area contributed by atoms with Crippen LogP contribution in [0.25, 0.3) is 55.8 Å². The van der Waals surface area contributed by atoms with E-state index in [1.54, 1.807) is 30.9 Å². The van der Waals surface area contributed by atoms with Crippen molar-refractivity contribution in [2.45, 2.75) is 13.1 Å². The largest absolute Gasteiger partial charge is 0.335 e. The number of sulfonamides is 1. The third-order valence-corrected chi connectivity index (χ3v) is 7.14. The molecule has 1 aromatic carbocycles. The molecule has 208 valence electrons. The zero-order chi connectivity index (χ0) is 28.7. The lowest BCUT2D eigenvalue weighted by molar-refractivity contribution is 0.402. The van der Waals surface area contributed by atoms with E-state index in [9.17, 15) is 12.8 Å². The Morgan fingerprint density at radius 3 is 2.51 bits per heavy atom. The highest BCUT2D eigenvalue weighted by Crippen LogP contribution is 2.32. The summed E-state index contributed by atoms with van der Waals surface area (Å²) in [6.45, 7) is 0.727. The summed E-state index contributed by atoms with van der Waals surface area (Å²) in [4.78, 5) is 23.5. The van der Waals surface area contributed by atoms with Crippen LogP contribution < -0.4 is 4.72 Å². The number of aromatic nitrogens is 7. The van der Waals surface area contributed by atoms with Crippen molar-refractivity contribution in [2.75, 3.05) is 20.4 Å². The van der Waals surface area contributed by atoms with Gasteiger partial charge >= 0.3 is 0 Å². The van der Waals surface area contributed by atoms with Gasteiger partial charge in [0.25, 0.3) is 0 Å². The minimum absolute atomic E-state index is 0.0407. The number of aromatic amines is 2. The molecule has 0 aliphatic rings. The molecule has 0 saturated carbocycles. The van der Waals surface area contributed by atoms with E-state index < -0.39 is 15.8 Å². The second-order valence-corrected chi connectivity index (χ2v) is 12.0. The highest BCUT2D eigenvalue weighted by Gasteiger charge is 2.18. The van der Waals surface area contributed by atoms with Crippen LogP contribution in [0.2, 0.25) is 0 Å². The van der Waals surface area contributed by atoms with Crippen LogP contribution in [0.4, 0.5) is 4.39 Å². The average molecular weight is 572 g/mol. The van der Waals surface area contributed by atoms with Gasteiger partial charge < -0.3 is 9.88 Å². The topological polar surface area (TPSA) is 145 Å². The molecule has 0 fully saturated rings. The van der Waals surface area contributed by atoms with E-state index in [-0.39, 0.29) is 6.54 Å². The molecule has 11 nitrogen and oxygen atoms in total. The Bertz CT molecular complexity index is 2020. The normalized spacial score (nSPS) is 12.1. The molecule has 0 radical (unpaired) electrons. The van der Waals surface area contributed by atoms with Crippen molar-refractivity contribution in [1.82, 2.24) is 44.7 Å². The number of nitrogens with one attached hydrogen (secondary N) is 3. The number of imidazole rings is 1. The molecule has 5 heterocycles. The molecule has 0 spiro atoms. The first-order valence-corrected chi connectivity index (χ1v) is 14.5. The predicted molar refractivity (Wildman–Crippen MR) is 154 cm³/mol. The van der Waals surface area contributed by atoms with Gasteiger partial charge in [-0.25, -0.2) is 27.5 Å².